The molecular formula is C16H21N3O2S. The molecule has 0 saturated heterocycles. The Hall–Kier alpha value is -2.21. The number of aromatic hydroxyl groups is 1. The van der Waals surface area contributed by atoms with Gasteiger partial charge in [-0.15, -0.1) is 11.3 Å². The number of nitrogens with zero attached hydrogens (tertiary/aromatic N) is 1. The molecule has 1 heterocycles. The van der Waals surface area contributed by atoms with Crippen molar-refractivity contribution in [1.29, 1.82) is 0 Å². The summed E-state index contributed by atoms with van der Waals surface area (Å²) in [5.41, 5.74) is 6.78. The molecule has 5 nitrogen and oxygen atoms in total. The van der Waals surface area contributed by atoms with E-state index in [2.05, 4.69) is 21.8 Å². The van der Waals surface area contributed by atoms with Crippen molar-refractivity contribution in [3.8, 4) is 11.5 Å². The molecule has 0 aliphatic heterocycles. The minimum Gasteiger partial charge on any atom is -0.504 e. The lowest BCUT2D eigenvalue weighted by Gasteiger charge is -2.08. The summed E-state index contributed by atoms with van der Waals surface area (Å²) in [6.07, 6.45) is 0.932. The van der Waals surface area contributed by atoms with E-state index in [1.807, 2.05) is 13.0 Å². The predicted octanol–water partition coefficient (Wildman–Crippen LogP) is 2.50. The molecule has 0 atom stereocenters. The monoisotopic (exact) mass is 319 g/mol. The van der Waals surface area contributed by atoms with Crippen LogP contribution in [0.15, 0.2) is 40.7 Å². The third-order valence-corrected chi connectivity index (χ3v) is 3.95. The number of thiophene rings is 1. The van der Waals surface area contributed by atoms with Gasteiger partial charge in [-0.05, 0) is 42.5 Å². The average Bonchev–Trinajstić information content (AvgIpc) is 3.01. The van der Waals surface area contributed by atoms with E-state index in [4.69, 9.17) is 10.5 Å². The Morgan fingerprint density at radius 3 is 3.00 bits per heavy atom. The number of rotatable bonds is 7. The summed E-state index contributed by atoms with van der Waals surface area (Å²) in [6, 6.07) is 9.33. The molecule has 22 heavy (non-hydrogen) atoms. The number of phenolic OH excluding ortho intramolecular Hbond substituents is 1. The number of aliphatic imine (C=N–C) groups is 1. The first-order valence-electron chi connectivity index (χ1n) is 7.20. The van der Waals surface area contributed by atoms with Crippen LogP contribution >= 0.6 is 11.3 Å². The maximum absolute atomic E-state index is 9.65. The quantitative estimate of drug-likeness (QED) is 0.541. The van der Waals surface area contributed by atoms with Crippen molar-refractivity contribution in [3.63, 3.8) is 0 Å². The van der Waals surface area contributed by atoms with Gasteiger partial charge in [0.1, 0.15) is 0 Å². The highest BCUT2D eigenvalue weighted by molar-refractivity contribution is 7.09. The zero-order chi connectivity index (χ0) is 15.8. The van der Waals surface area contributed by atoms with Gasteiger partial charge in [-0.1, -0.05) is 12.1 Å². The molecule has 0 spiro atoms. The van der Waals surface area contributed by atoms with Gasteiger partial charge < -0.3 is 20.9 Å². The van der Waals surface area contributed by atoms with E-state index in [1.165, 1.54) is 4.88 Å². The first-order valence-corrected chi connectivity index (χ1v) is 8.08. The highest BCUT2D eigenvalue weighted by Gasteiger charge is 2.03. The molecule has 0 amide bonds. The van der Waals surface area contributed by atoms with Gasteiger partial charge in [0.25, 0.3) is 0 Å². The molecule has 0 radical (unpaired) electrons. The number of guanidine groups is 1. The van der Waals surface area contributed by atoms with Crippen LogP contribution < -0.4 is 15.8 Å². The van der Waals surface area contributed by atoms with E-state index in [0.29, 0.717) is 24.9 Å². The first kappa shape index (κ1) is 16.2. The van der Waals surface area contributed by atoms with Crippen molar-refractivity contribution in [3.05, 3.63) is 46.2 Å². The number of nitrogens with two attached hydrogens (primary N) is 1. The Morgan fingerprint density at radius 1 is 1.41 bits per heavy atom. The molecule has 2 rings (SSSR count). The maximum Gasteiger partial charge on any atom is 0.188 e. The number of ether oxygens (including phenoxy) is 1. The van der Waals surface area contributed by atoms with Gasteiger partial charge in [0.2, 0.25) is 0 Å². The molecule has 118 valence electrons. The van der Waals surface area contributed by atoms with Crippen LogP contribution in [0.25, 0.3) is 0 Å². The fourth-order valence-electron chi connectivity index (χ4n) is 1.93. The Labute approximate surface area is 134 Å². The van der Waals surface area contributed by atoms with Crippen molar-refractivity contribution in [2.24, 2.45) is 10.7 Å². The third kappa shape index (κ3) is 4.96. The Morgan fingerprint density at radius 2 is 2.27 bits per heavy atom. The van der Waals surface area contributed by atoms with Crippen molar-refractivity contribution in [2.45, 2.75) is 19.9 Å². The average molecular weight is 319 g/mol. The van der Waals surface area contributed by atoms with Gasteiger partial charge in [0.15, 0.2) is 17.5 Å². The van der Waals surface area contributed by atoms with Crippen LogP contribution in [0.5, 0.6) is 11.5 Å². The predicted molar refractivity (Wildman–Crippen MR) is 90.6 cm³/mol. The second-order valence-corrected chi connectivity index (χ2v) is 5.72. The minimum absolute atomic E-state index is 0.136. The summed E-state index contributed by atoms with van der Waals surface area (Å²) in [5, 5.41) is 14.8. The van der Waals surface area contributed by atoms with E-state index in [0.717, 1.165) is 18.5 Å². The molecule has 0 unspecified atom stereocenters. The maximum atomic E-state index is 9.65. The van der Waals surface area contributed by atoms with Crippen LogP contribution in [0.1, 0.15) is 17.4 Å². The van der Waals surface area contributed by atoms with E-state index >= 15 is 0 Å². The molecule has 4 N–H and O–H groups in total. The van der Waals surface area contributed by atoms with Crippen molar-refractivity contribution >= 4 is 17.3 Å². The summed E-state index contributed by atoms with van der Waals surface area (Å²) in [4.78, 5) is 5.61. The molecule has 0 aliphatic carbocycles. The fourth-order valence-corrected chi connectivity index (χ4v) is 2.64. The lowest BCUT2D eigenvalue weighted by molar-refractivity contribution is 0.318. The number of phenols is 1. The standard InChI is InChI=1S/C16H21N3O2S/c1-2-21-15-10-12(5-6-14(15)20)11-19-16(17)18-8-7-13-4-3-9-22-13/h3-6,9-10,20H,2,7-8,11H2,1H3,(H3,17,18,19). The zero-order valence-corrected chi connectivity index (χ0v) is 13.4. The SMILES string of the molecule is CCOc1cc(CN=C(N)NCCc2cccs2)ccc1O. The molecule has 2 aromatic rings. The highest BCUT2D eigenvalue weighted by atomic mass is 32.1. The van der Waals surface area contributed by atoms with E-state index in [-0.39, 0.29) is 5.75 Å². The zero-order valence-electron chi connectivity index (χ0n) is 12.6. The third-order valence-electron chi connectivity index (χ3n) is 3.01. The number of hydrogen-bond acceptors (Lipinski definition) is 4. The molecule has 0 aliphatic rings. The van der Waals surface area contributed by atoms with Crippen molar-refractivity contribution in [1.82, 2.24) is 5.32 Å². The largest absolute Gasteiger partial charge is 0.504 e. The Bertz CT molecular complexity index is 612. The van der Waals surface area contributed by atoms with Crippen LogP contribution in [0.3, 0.4) is 0 Å². The van der Waals surface area contributed by atoms with Crippen LogP contribution in [-0.4, -0.2) is 24.2 Å². The summed E-state index contributed by atoms with van der Waals surface area (Å²) < 4.78 is 5.35. The smallest absolute Gasteiger partial charge is 0.188 e. The summed E-state index contributed by atoms with van der Waals surface area (Å²) >= 11 is 1.73. The summed E-state index contributed by atoms with van der Waals surface area (Å²) in [6.45, 7) is 3.58. The van der Waals surface area contributed by atoms with Crippen LogP contribution in [0.2, 0.25) is 0 Å². The van der Waals surface area contributed by atoms with Gasteiger partial charge in [0.05, 0.1) is 13.2 Å². The highest BCUT2D eigenvalue weighted by Crippen LogP contribution is 2.26. The van der Waals surface area contributed by atoms with Crippen LogP contribution in [0.4, 0.5) is 0 Å². The number of hydrogen-bond donors (Lipinski definition) is 3. The van der Waals surface area contributed by atoms with E-state index < -0.39 is 0 Å². The van der Waals surface area contributed by atoms with Gasteiger partial charge in [-0.3, -0.25) is 0 Å². The Kier molecular flexibility index (Phi) is 6.09. The lowest BCUT2D eigenvalue weighted by atomic mass is 10.2. The number of nitrogens with one attached hydrogen (secondary N) is 1. The van der Waals surface area contributed by atoms with Gasteiger partial charge in [0, 0.05) is 11.4 Å². The molecule has 0 fully saturated rings. The number of benzene rings is 1. The normalized spacial score (nSPS) is 11.4. The molecule has 1 aromatic heterocycles. The second-order valence-electron chi connectivity index (χ2n) is 4.69. The van der Waals surface area contributed by atoms with E-state index in [1.54, 1.807) is 29.5 Å². The van der Waals surface area contributed by atoms with Crippen LogP contribution in [0, 0.1) is 0 Å². The van der Waals surface area contributed by atoms with Gasteiger partial charge in [-0.25, -0.2) is 4.99 Å². The second kappa shape index (κ2) is 8.29. The molecular weight excluding hydrogens is 298 g/mol. The molecule has 1 aromatic carbocycles. The summed E-state index contributed by atoms with van der Waals surface area (Å²) in [5.74, 6) is 1.03. The topological polar surface area (TPSA) is 79.9 Å². The summed E-state index contributed by atoms with van der Waals surface area (Å²) in [7, 11) is 0. The van der Waals surface area contributed by atoms with E-state index in [9.17, 15) is 5.11 Å². The van der Waals surface area contributed by atoms with Crippen molar-refractivity contribution in [2.75, 3.05) is 13.2 Å². The molecule has 0 bridgehead atoms. The lowest BCUT2D eigenvalue weighted by Crippen LogP contribution is -2.33. The fraction of sp³-hybridized carbons (Fsp3) is 0.312. The van der Waals surface area contributed by atoms with Gasteiger partial charge >= 0.3 is 0 Å². The molecule has 0 saturated carbocycles. The Balaban J connectivity index is 1.83. The van der Waals surface area contributed by atoms with Crippen molar-refractivity contribution < 1.29 is 9.84 Å². The minimum atomic E-state index is 0.136. The van der Waals surface area contributed by atoms with Crippen LogP contribution in [-0.2, 0) is 13.0 Å². The van der Waals surface area contributed by atoms with Gasteiger partial charge in [-0.2, -0.15) is 0 Å². The first-order chi connectivity index (χ1) is 10.7. The molecule has 6 heteroatoms.